The first kappa shape index (κ1) is 21.4. The quantitative estimate of drug-likeness (QED) is 0.510. The summed E-state index contributed by atoms with van der Waals surface area (Å²) in [6.45, 7) is 1.37. The molecule has 2 amide bonds. The van der Waals surface area contributed by atoms with Gasteiger partial charge in [-0.15, -0.1) is 0 Å². The number of carbonyl (C=O) groups excluding carboxylic acids is 4. The monoisotopic (exact) mass is 400 g/mol. The Balaban J connectivity index is 2.16. The lowest BCUT2D eigenvalue weighted by Gasteiger charge is -2.17. The van der Waals surface area contributed by atoms with Crippen LogP contribution < -0.4 is 20.5 Å². The maximum absolute atomic E-state index is 12.6. The van der Waals surface area contributed by atoms with Crippen LogP contribution in [0.25, 0.3) is 0 Å². The van der Waals surface area contributed by atoms with Crippen molar-refractivity contribution in [3.63, 3.8) is 0 Å². The first-order valence-electron chi connectivity index (χ1n) is 8.44. The van der Waals surface area contributed by atoms with Crippen molar-refractivity contribution in [1.29, 1.82) is 0 Å². The molecule has 3 N–H and O–H groups in total. The highest BCUT2D eigenvalue weighted by molar-refractivity contribution is 6.03. The van der Waals surface area contributed by atoms with Crippen molar-refractivity contribution in [2.24, 2.45) is 5.73 Å². The average Bonchev–Trinajstić information content (AvgIpc) is 2.72. The van der Waals surface area contributed by atoms with E-state index >= 15 is 0 Å². The van der Waals surface area contributed by atoms with Gasteiger partial charge in [0.05, 0.1) is 14.2 Å². The van der Waals surface area contributed by atoms with E-state index in [9.17, 15) is 19.2 Å². The van der Waals surface area contributed by atoms with Crippen LogP contribution >= 0.6 is 0 Å². The molecule has 2 rings (SSSR count). The molecule has 0 spiro atoms. The minimum absolute atomic E-state index is 0.0248. The fraction of sp³-hybridized carbons (Fsp3) is 0.200. The zero-order valence-corrected chi connectivity index (χ0v) is 16.1. The molecule has 0 saturated heterocycles. The number of nitrogens with one attached hydrogen (secondary N) is 1. The largest absolute Gasteiger partial charge is 0.493 e. The Kier molecular flexibility index (Phi) is 6.91. The molecule has 0 bridgehead atoms. The number of nitrogens with two attached hydrogens (primary N) is 1. The van der Waals surface area contributed by atoms with Crippen LogP contribution in [0.4, 0.5) is 5.69 Å². The summed E-state index contributed by atoms with van der Waals surface area (Å²) in [5.74, 6) is -1.87. The summed E-state index contributed by atoms with van der Waals surface area (Å²) in [5.41, 5.74) is 5.72. The Morgan fingerprint density at radius 3 is 2.21 bits per heavy atom. The summed E-state index contributed by atoms with van der Waals surface area (Å²) in [6.07, 6.45) is -0.711. The average molecular weight is 400 g/mol. The number of ether oxygens (including phenoxy) is 3. The van der Waals surface area contributed by atoms with Crippen molar-refractivity contribution in [1.82, 2.24) is 0 Å². The predicted octanol–water partition coefficient (Wildman–Crippen LogP) is 1.80. The third-order valence-corrected chi connectivity index (χ3v) is 4.00. The molecular formula is C20H20N2O7. The van der Waals surface area contributed by atoms with Gasteiger partial charge in [0.15, 0.2) is 23.9 Å². The van der Waals surface area contributed by atoms with Crippen LogP contribution in [0.3, 0.4) is 0 Å². The van der Waals surface area contributed by atoms with Crippen LogP contribution in [-0.4, -0.2) is 44.4 Å². The highest BCUT2D eigenvalue weighted by Crippen LogP contribution is 2.33. The molecule has 1 atom stereocenters. The highest BCUT2D eigenvalue weighted by Gasteiger charge is 2.26. The van der Waals surface area contributed by atoms with E-state index in [1.54, 1.807) is 0 Å². The summed E-state index contributed by atoms with van der Waals surface area (Å²) in [4.78, 5) is 47.3. The van der Waals surface area contributed by atoms with E-state index in [0.29, 0.717) is 12.0 Å². The molecule has 0 aromatic heterocycles. The van der Waals surface area contributed by atoms with E-state index in [2.05, 4.69) is 5.32 Å². The molecule has 0 unspecified atom stereocenters. The topological polar surface area (TPSA) is 134 Å². The van der Waals surface area contributed by atoms with Crippen molar-refractivity contribution in [3.05, 3.63) is 53.1 Å². The lowest BCUT2D eigenvalue weighted by atomic mass is 10.1. The van der Waals surface area contributed by atoms with Gasteiger partial charge >= 0.3 is 5.97 Å². The molecule has 0 fully saturated rings. The molecule has 9 nitrogen and oxygen atoms in total. The summed E-state index contributed by atoms with van der Waals surface area (Å²) >= 11 is 0. The Hall–Kier alpha value is -3.88. The summed E-state index contributed by atoms with van der Waals surface area (Å²) < 4.78 is 15.5. The standard InChI is InChI=1S/C20H20N2O7/c1-11(19(25)22-14-7-4-12(5-8-14)18(21)24)29-20(26)16-13(10-23)6-9-15(27-2)17(16)28-3/h4-11H,1-3H3,(H2,21,24)(H,22,25)/t11-/m1/s1. The van der Waals surface area contributed by atoms with Crippen molar-refractivity contribution in [2.45, 2.75) is 13.0 Å². The van der Waals surface area contributed by atoms with E-state index in [0.717, 1.165) is 0 Å². The maximum Gasteiger partial charge on any atom is 0.343 e. The van der Waals surface area contributed by atoms with Gasteiger partial charge in [-0.2, -0.15) is 0 Å². The minimum atomic E-state index is -1.19. The molecule has 0 heterocycles. The van der Waals surface area contributed by atoms with Crippen LogP contribution in [0, 0.1) is 0 Å². The zero-order chi connectivity index (χ0) is 21.6. The number of hydrogen-bond donors (Lipinski definition) is 2. The highest BCUT2D eigenvalue weighted by atomic mass is 16.6. The second kappa shape index (κ2) is 9.36. The predicted molar refractivity (Wildman–Crippen MR) is 103 cm³/mol. The number of esters is 1. The van der Waals surface area contributed by atoms with E-state index in [4.69, 9.17) is 19.9 Å². The van der Waals surface area contributed by atoms with Gasteiger partial charge in [-0.3, -0.25) is 14.4 Å². The molecule has 0 saturated carbocycles. The van der Waals surface area contributed by atoms with Gasteiger partial charge in [0.25, 0.3) is 5.91 Å². The van der Waals surface area contributed by atoms with Crippen molar-refractivity contribution in [3.8, 4) is 11.5 Å². The fourth-order valence-corrected chi connectivity index (χ4v) is 2.49. The fourth-order valence-electron chi connectivity index (χ4n) is 2.49. The zero-order valence-electron chi connectivity index (χ0n) is 16.1. The molecular weight excluding hydrogens is 380 g/mol. The Morgan fingerprint density at radius 1 is 1.03 bits per heavy atom. The second-order valence-electron chi connectivity index (χ2n) is 5.86. The lowest BCUT2D eigenvalue weighted by Crippen LogP contribution is -2.30. The van der Waals surface area contributed by atoms with Gasteiger partial charge < -0.3 is 25.3 Å². The molecule has 0 radical (unpaired) electrons. The SMILES string of the molecule is COc1ccc(C=O)c(C(=O)O[C@H](C)C(=O)Nc2ccc(C(N)=O)cc2)c1OC. The van der Waals surface area contributed by atoms with E-state index in [1.165, 1.54) is 57.5 Å². The van der Waals surface area contributed by atoms with E-state index in [1.807, 2.05) is 0 Å². The summed E-state index contributed by atoms with van der Waals surface area (Å²) in [6, 6.07) is 8.74. The van der Waals surface area contributed by atoms with Crippen LogP contribution in [0.15, 0.2) is 36.4 Å². The molecule has 2 aromatic carbocycles. The second-order valence-corrected chi connectivity index (χ2v) is 5.86. The number of aldehydes is 1. The third-order valence-electron chi connectivity index (χ3n) is 4.00. The molecule has 152 valence electrons. The van der Waals surface area contributed by atoms with Gasteiger partial charge in [0, 0.05) is 16.8 Å². The van der Waals surface area contributed by atoms with E-state index < -0.39 is 23.9 Å². The number of rotatable bonds is 8. The van der Waals surface area contributed by atoms with Gasteiger partial charge in [-0.1, -0.05) is 0 Å². The Bertz CT molecular complexity index is 939. The van der Waals surface area contributed by atoms with Gasteiger partial charge in [-0.05, 0) is 43.3 Å². The molecule has 2 aromatic rings. The normalized spacial score (nSPS) is 11.1. The van der Waals surface area contributed by atoms with Crippen LogP contribution in [-0.2, 0) is 9.53 Å². The number of primary amides is 1. The lowest BCUT2D eigenvalue weighted by molar-refractivity contribution is -0.123. The first-order valence-corrected chi connectivity index (χ1v) is 8.44. The number of carbonyl (C=O) groups is 4. The number of amides is 2. The molecule has 29 heavy (non-hydrogen) atoms. The van der Waals surface area contributed by atoms with Crippen molar-refractivity contribution < 1.29 is 33.4 Å². The smallest absolute Gasteiger partial charge is 0.343 e. The van der Waals surface area contributed by atoms with Gasteiger partial charge in [-0.25, -0.2) is 4.79 Å². The number of hydrogen-bond acceptors (Lipinski definition) is 7. The number of methoxy groups -OCH3 is 2. The molecule has 9 heteroatoms. The van der Waals surface area contributed by atoms with Gasteiger partial charge in [0.2, 0.25) is 5.91 Å². The summed E-state index contributed by atoms with van der Waals surface area (Å²) in [7, 11) is 2.70. The Morgan fingerprint density at radius 2 is 1.69 bits per heavy atom. The number of anilines is 1. The van der Waals surface area contributed by atoms with Gasteiger partial charge in [0.1, 0.15) is 5.56 Å². The Labute approximate surface area is 166 Å². The molecule has 0 aliphatic carbocycles. The first-order chi connectivity index (χ1) is 13.8. The van der Waals surface area contributed by atoms with Crippen molar-refractivity contribution >= 4 is 29.8 Å². The minimum Gasteiger partial charge on any atom is -0.493 e. The number of benzene rings is 2. The van der Waals surface area contributed by atoms with E-state index in [-0.39, 0.29) is 28.2 Å². The third kappa shape index (κ3) is 4.89. The molecule has 0 aliphatic heterocycles. The molecule has 0 aliphatic rings. The summed E-state index contributed by atoms with van der Waals surface area (Å²) in [5, 5.41) is 2.55. The maximum atomic E-state index is 12.6. The van der Waals surface area contributed by atoms with Crippen LogP contribution in [0.5, 0.6) is 11.5 Å². The van der Waals surface area contributed by atoms with Crippen LogP contribution in [0.2, 0.25) is 0 Å². The van der Waals surface area contributed by atoms with Crippen molar-refractivity contribution in [2.75, 3.05) is 19.5 Å². The van der Waals surface area contributed by atoms with Crippen LogP contribution in [0.1, 0.15) is 38.0 Å².